The molecule has 1 saturated heterocycles. The van der Waals surface area contributed by atoms with Gasteiger partial charge in [-0.15, -0.1) is 24.0 Å². The van der Waals surface area contributed by atoms with Gasteiger partial charge in [-0.1, -0.05) is 31.2 Å². The second-order valence-electron chi connectivity index (χ2n) is 6.92. The zero-order valence-electron chi connectivity index (χ0n) is 16.7. The van der Waals surface area contributed by atoms with E-state index in [-0.39, 0.29) is 24.0 Å². The zero-order valence-corrected chi connectivity index (χ0v) is 19.0. The molecule has 0 saturated carbocycles. The number of guanidine groups is 1. The average Bonchev–Trinajstić information content (AvgIpc) is 2.67. The van der Waals surface area contributed by atoms with Crippen LogP contribution in [0.4, 0.5) is 0 Å². The summed E-state index contributed by atoms with van der Waals surface area (Å²) in [6.45, 7) is 8.98. The maximum Gasteiger partial charge on any atom is 0.193 e. The highest BCUT2D eigenvalue weighted by atomic mass is 127. The van der Waals surface area contributed by atoms with Gasteiger partial charge in [0.25, 0.3) is 0 Å². The molecule has 0 unspecified atom stereocenters. The number of halogens is 1. The smallest absolute Gasteiger partial charge is 0.193 e. The highest BCUT2D eigenvalue weighted by Crippen LogP contribution is 2.18. The number of hydrogen-bond acceptors (Lipinski definition) is 2. The maximum absolute atomic E-state index is 5.45. The van der Waals surface area contributed by atoms with E-state index in [1.54, 1.807) is 0 Å². The monoisotopic (exact) mass is 473 g/mol. The summed E-state index contributed by atoms with van der Waals surface area (Å²) in [4.78, 5) is 7.10. The van der Waals surface area contributed by atoms with E-state index in [1.165, 1.54) is 30.4 Å². The summed E-state index contributed by atoms with van der Waals surface area (Å²) in [5.74, 6) is 1.83. The first-order valence-electron chi connectivity index (χ1n) is 9.88. The van der Waals surface area contributed by atoms with E-state index in [9.17, 15) is 0 Å². The van der Waals surface area contributed by atoms with Crippen molar-refractivity contribution >= 4 is 29.9 Å². The van der Waals surface area contributed by atoms with Crippen molar-refractivity contribution in [3.05, 3.63) is 35.4 Å². The molecule has 0 aliphatic carbocycles. The fraction of sp³-hybridized carbons (Fsp3) is 0.667. The standard InChI is InChI=1S/C21H35N3O.HI/c1-4-18-6-8-19(9-7-18)10-14-23-21(22-5-2)24(3)15-11-20-12-16-25-17-13-20;/h6-9,20H,4-5,10-17H2,1-3H3,(H,22,23);1H. The molecule has 0 spiro atoms. The second-order valence-corrected chi connectivity index (χ2v) is 6.92. The van der Waals surface area contributed by atoms with Crippen LogP contribution in [0, 0.1) is 5.92 Å². The fourth-order valence-electron chi connectivity index (χ4n) is 3.22. The van der Waals surface area contributed by atoms with E-state index in [0.717, 1.165) is 57.6 Å². The Bertz CT molecular complexity index is 512. The molecule has 4 nitrogen and oxygen atoms in total. The van der Waals surface area contributed by atoms with Crippen molar-refractivity contribution in [1.82, 2.24) is 10.2 Å². The predicted octanol–water partition coefficient (Wildman–Crippen LogP) is 4.12. The quantitative estimate of drug-likeness (QED) is 0.351. The van der Waals surface area contributed by atoms with Gasteiger partial charge in [0, 0.05) is 39.9 Å². The third-order valence-corrected chi connectivity index (χ3v) is 5.00. The molecule has 1 aliphatic rings. The number of rotatable bonds is 8. The molecule has 26 heavy (non-hydrogen) atoms. The number of nitrogens with one attached hydrogen (secondary N) is 1. The largest absolute Gasteiger partial charge is 0.381 e. The van der Waals surface area contributed by atoms with Gasteiger partial charge in [0.2, 0.25) is 0 Å². The third-order valence-electron chi connectivity index (χ3n) is 5.00. The lowest BCUT2D eigenvalue weighted by molar-refractivity contribution is 0.0625. The predicted molar refractivity (Wildman–Crippen MR) is 122 cm³/mol. The third kappa shape index (κ3) is 8.25. The van der Waals surface area contributed by atoms with Crippen LogP contribution in [0.15, 0.2) is 29.3 Å². The molecular weight excluding hydrogens is 437 g/mol. The summed E-state index contributed by atoms with van der Waals surface area (Å²) in [6.07, 6.45) is 5.72. The summed E-state index contributed by atoms with van der Waals surface area (Å²) in [5, 5.41) is 3.43. The first-order chi connectivity index (χ1) is 12.2. The van der Waals surface area contributed by atoms with Crippen molar-refractivity contribution < 1.29 is 4.74 Å². The summed E-state index contributed by atoms with van der Waals surface area (Å²) in [6, 6.07) is 8.92. The average molecular weight is 473 g/mol. The van der Waals surface area contributed by atoms with Gasteiger partial charge in [-0.25, -0.2) is 0 Å². The van der Waals surface area contributed by atoms with Crippen LogP contribution in [0.25, 0.3) is 0 Å². The summed E-state index contributed by atoms with van der Waals surface area (Å²) in [5.41, 5.74) is 2.76. The Morgan fingerprint density at radius 3 is 2.42 bits per heavy atom. The highest BCUT2D eigenvalue weighted by Gasteiger charge is 2.15. The molecule has 148 valence electrons. The van der Waals surface area contributed by atoms with Gasteiger partial charge in [-0.3, -0.25) is 4.99 Å². The molecule has 0 aromatic heterocycles. The molecule has 0 bridgehead atoms. The van der Waals surface area contributed by atoms with Crippen molar-refractivity contribution in [2.75, 3.05) is 39.9 Å². The lowest BCUT2D eigenvalue weighted by Gasteiger charge is -2.26. The number of nitrogens with zero attached hydrogens (tertiary/aromatic N) is 2. The first kappa shape index (κ1) is 23.2. The number of aliphatic imine (C=N–C) groups is 1. The van der Waals surface area contributed by atoms with Crippen LogP contribution in [-0.4, -0.2) is 50.8 Å². The molecule has 1 heterocycles. The molecule has 1 fully saturated rings. The Hall–Kier alpha value is -0.820. The van der Waals surface area contributed by atoms with Crippen molar-refractivity contribution in [2.45, 2.75) is 46.0 Å². The van der Waals surface area contributed by atoms with Crippen LogP contribution in [0.3, 0.4) is 0 Å². The molecule has 5 heteroatoms. The van der Waals surface area contributed by atoms with Gasteiger partial charge in [0.05, 0.1) is 0 Å². The molecule has 2 rings (SSSR count). The minimum atomic E-state index is 0. The van der Waals surface area contributed by atoms with Gasteiger partial charge in [0.15, 0.2) is 5.96 Å². The van der Waals surface area contributed by atoms with Crippen LogP contribution >= 0.6 is 24.0 Å². The molecule has 1 aliphatic heterocycles. The van der Waals surface area contributed by atoms with Gasteiger partial charge in [-0.2, -0.15) is 0 Å². The number of hydrogen-bond donors (Lipinski definition) is 1. The van der Waals surface area contributed by atoms with Crippen molar-refractivity contribution in [3.8, 4) is 0 Å². The fourth-order valence-corrected chi connectivity index (χ4v) is 3.22. The van der Waals surface area contributed by atoms with Gasteiger partial charge in [0.1, 0.15) is 0 Å². The zero-order chi connectivity index (χ0) is 17.9. The van der Waals surface area contributed by atoms with E-state index in [2.05, 4.69) is 55.4 Å². The lowest BCUT2D eigenvalue weighted by atomic mass is 9.96. The number of benzene rings is 1. The van der Waals surface area contributed by atoms with E-state index < -0.39 is 0 Å². The summed E-state index contributed by atoms with van der Waals surface area (Å²) < 4.78 is 5.45. The van der Waals surface area contributed by atoms with Gasteiger partial charge in [-0.05, 0) is 56.1 Å². The molecule has 1 aromatic carbocycles. The lowest BCUT2D eigenvalue weighted by Crippen LogP contribution is -2.40. The minimum absolute atomic E-state index is 0. The molecular formula is C21H36IN3O. The van der Waals surface area contributed by atoms with E-state index in [4.69, 9.17) is 9.73 Å². The normalized spacial score (nSPS) is 15.4. The molecule has 1 N–H and O–H groups in total. The van der Waals surface area contributed by atoms with E-state index in [1.807, 2.05) is 0 Å². The highest BCUT2D eigenvalue weighted by molar-refractivity contribution is 14.0. The first-order valence-corrected chi connectivity index (χ1v) is 9.88. The Balaban J connectivity index is 0.00000338. The molecule has 0 radical (unpaired) electrons. The Morgan fingerprint density at radius 2 is 1.81 bits per heavy atom. The Morgan fingerprint density at radius 1 is 1.15 bits per heavy atom. The molecule has 0 atom stereocenters. The van der Waals surface area contributed by atoms with Crippen molar-refractivity contribution in [3.63, 3.8) is 0 Å². The number of ether oxygens (including phenoxy) is 1. The Labute approximate surface area is 176 Å². The van der Waals surface area contributed by atoms with Gasteiger partial charge >= 0.3 is 0 Å². The molecule has 1 aromatic rings. The SMILES string of the molecule is CCNC(=NCCc1ccc(CC)cc1)N(C)CCC1CCOCC1.I. The number of aryl methyl sites for hydroxylation is 1. The van der Waals surface area contributed by atoms with Crippen LogP contribution in [0.2, 0.25) is 0 Å². The van der Waals surface area contributed by atoms with Crippen LogP contribution in [0.5, 0.6) is 0 Å². The second kappa shape index (κ2) is 13.4. The minimum Gasteiger partial charge on any atom is -0.381 e. The maximum atomic E-state index is 5.45. The van der Waals surface area contributed by atoms with Crippen LogP contribution < -0.4 is 5.32 Å². The van der Waals surface area contributed by atoms with Gasteiger partial charge < -0.3 is 15.0 Å². The van der Waals surface area contributed by atoms with E-state index >= 15 is 0 Å². The topological polar surface area (TPSA) is 36.9 Å². The molecule has 0 amide bonds. The Kier molecular flexibility index (Phi) is 11.9. The summed E-state index contributed by atoms with van der Waals surface area (Å²) in [7, 11) is 2.15. The summed E-state index contributed by atoms with van der Waals surface area (Å²) >= 11 is 0. The van der Waals surface area contributed by atoms with Crippen molar-refractivity contribution in [2.24, 2.45) is 10.9 Å². The van der Waals surface area contributed by atoms with Crippen molar-refractivity contribution in [1.29, 1.82) is 0 Å². The van der Waals surface area contributed by atoms with Crippen LogP contribution in [-0.2, 0) is 17.6 Å². The van der Waals surface area contributed by atoms with E-state index in [0.29, 0.717) is 0 Å². The van der Waals surface area contributed by atoms with Crippen LogP contribution in [0.1, 0.15) is 44.2 Å².